The monoisotopic (exact) mass is 411 g/mol. The highest BCUT2D eigenvalue weighted by atomic mass is 35.5. The molecule has 0 amide bonds. The summed E-state index contributed by atoms with van der Waals surface area (Å²) in [5.41, 5.74) is 4.20. The summed E-state index contributed by atoms with van der Waals surface area (Å²) in [5, 5.41) is 1.42. The van der Waals surface area contributed by atoms with Gasteiger partial charge in [-0.3, -0.25) is 0 Å². The Morgan fingerprint density at radius 2 is 1.90 bits per heavy atom. The van der Waals surface area contributed by atoms with Crippen LogP contribution in [-0.2, 0) is 24.1 Å². The number of esters is 1. The maximum Gasteiger partial charge on any atom is 0.339 e. The Morgan fingerprint density at radius 1 is 1.14 bits per heavy atom. The number of ether oxygens (including phenoxy) is 2. The van der Waals surface area contributed by atoms with E-state index in [9.17, 15) is 9.59 Å². The highest BCUT2D eigenvalue weighted by Gasteiger charge is 2.28. The van der Waals surface area contributed by atoms with Gasteiger partial charge in [0.1, 0.15) is 11.3 Å². The van der Waals surface area contributed by atoms with Crippen LogP contribution < -0.4 is 15.3 Å². The number of halogens is 1. The molecular weight excluding hydrogens is 394 g/mol. The van der Waals surface area contributed by atoms with Crippen LogP contribution in [0.25, 0.3) is 11.0 Å². The number of rotatable bonds is 2. The second kappa shape index (κ2) is 6.81. The Labute approximate surface area is 171 Å². The summed E-state index contributed by atoms with van der Waals surface area (Å²) in [6.07, 6.45) is 2.55. The molecule has 1 aliphatic heterocycles. The van der Waals surface area contributed by atoms with Crippen LogP contribution in [0.15, 0.2) is 39.5 Å². The summed E-state index contributed by atoms with van der Waals surface area (Å²) in [6.45, 7) is 0.774. The molecule has 0 saturated carbocycles. The van der Waals surface area contributed by atoms with E-state index in [4.69, 9.17) is 25.5 Å². The molecule has 6 nitrogen and oxygen atoms in total. The number of nitrogens with zero attached hydrogens (tertiary/aromatic N) is 1. The standard InChI is InChI=1S/C22H18ClNO5/c1-27-21(25)12-5-7-13(8-6-12)24-10-17-19-16(9-18(23)20(17)28-11-24)14-3-2-4-15(14)22(26)29-19/h5-9H,2-4,10-11H2,1H3. The van der Waals surface area contributed by atoms with Crippen molar-refractivity contribution in [3.63, 3.8) is 0 Å². The number of methoxy groups -OCH3 is 1. The molecule has 0 atom stereocenters. The predicted octanol–water partition coefficient (Wildman–Crippen LogP) is 4.08. The summed E-state index contributed by atoms with van der Waals surface area (Å²) in [5.74, 6) is 0.174. The lowest BCUT2D eigenvalue weighted by Crippen LogP contribution is -2.32. The fraction of sp³-hybridized carbons (Fsp3) is 0.273. The average molecular weight is 412 g/mol. The summed E-state index contributed by atoms with van der Waals surface area (Å²) in [7, 11) is 1.35. The van der Waals surface area contributed by atoms with Gasteiger partial charge in [-0.25, -0.2) is 9.59 Å². The number of carbonyl (C=O) groups is 1. The van der Waals surface area contributed by atoms with Gasteiger partial charge in [0, 0.05) is 16.6 Å². The molecule has 2 aromatic carbocycles. The first-order valence-corrected chi connectivity index (χ1v) is 9.80. The number of benzene rings is 2. The van der Waals surface area contributed by atoms with Crippen molar-refractivity contribution in [2.75, 3.05) is 18.7 Å². The third-order valence-corrected chi connectivity index (χ3v) is 5.91. The smallest absolute Gasteiger partial charge is 0.339 e. The molecule has 1 aliphatic carbocycles. The Balaban J connectivity index is 1.58. The largest absolute Gasteiger partial charge is 0.471 e. The van der Waals surface area contributed by atoms with Gasteiger partial charge in [-0.15, -0.1) is 0 Å². The van der Waals surface area contributed by atoms with Crippen molar-refractivity contribution in [3.05, 3.63) is 68.0 Å². The number of aryl methyl sites for hydroxylation is 1. The van der Waals surface area contributed by atoms with Gasteiger partial charge in [-0.2, -0.15) is 0 Å². The minimum Gasteiger partial charge on any atom is -0.471 e. The van der Waals surface area contributed by atoms with Crippen LogP contribution in [0.2, 0.25) is 5.02 Å². The SMILES string of the molecule is COC(=O)c1ccc(N2COc3c(Cl)cc4c5c(c(=O)oc4c3C2)CCC5)cc1. The van der Waals surface area contributed by atoms with Gasteiger partial charge in [0.25, 0.3) is 0 Å². The maximum absolute atomic E-state index is 12.5. The minimum atomic E-state index is -0.384. The van der Waals surface area contributed by atoms with E-state index in [1.54, 1.807) is 12.1 Å². The van der Waals surface area contributed by atoms with Crippen LogP contribution in [0.4, 0.5) is 5.69 Å². The normalized spacial score (nSPS) is 15.0. The third kappa shape index (κ3) is 2.86. The average Bonchev–Trinajstić information content (AvgIpc) is 3.25. The van der Waals surface area contributed by atoms with Crippen molar-refractivity contribution in [3.8, 4) is 5.75 Å². The Bertz CT molecular complexity index is 1200. The summed E-state index contributed by atoms with van der Waals surface area (Å²) < 4.78 is 16.4. The van der Waals surface area contributed by atoms with E-state index in [-0.39, 0.29) is 11.6 Å². The van der Waals surface area contributed by atoms with Gasteiger partial charge >= 0.3 is 11.6 Å². The number of carbonyl (C=O) groups excluding carboxylic acids is 1. The van der Waals surface area contributed by atoms with E-state index in [1.807, 2.05) is 23.1 Å². The quantitative estimate of drug-likeness (QED) is 0.467. The minimum absolute atomic E-state index is 0.269. The van der Waals surface area contributed by atoms with E-state index < -0.39 is 0 Å². The second-order valence-electron chi connectivity index (χ2n) is 7.25. The number of hydrogen-bond donors (Lipinski definition) is 0. The van der Waals surface area contributed by atoms with E-state index in [0.717, 1.165) is 47.0 Å². The first-order valence-electron chi connectivity index (χ1n) is 9.43. The van der Waals surface area contributed by atoms with E-state index in [0.29, 0.717) is 35.2 Å². The van der Waals surface area contributed by atoms with Crippen LogP contribution in [0.3, 0.4) is 0 Å². The first-order chi connectivity index (χ1) is 14.1. The molecule has 1 aromatic heterocycles. The van der Waals surface area contributed by atoms with Gasteiger partial charge in [0.15, 0.2) is 6.73 Å². The van der Waals surface area contributed by atoms with Crippen molar-refractivity contribution in [1.29, 1.82) is 0 Å². The van der Waals surface area contributed by atoms with Crippen LogP contribution in [-0.4, -0.2) is 19.8 Å². The Kier molecular flexibility index (Phi) is 4.24. The van der Waals surface area contributed by atoms with Crippen molar-refractivity contribution in [1.82, 2.24) is 0 Å². The molecule has 0 radical (unpaired) electrons. The van der Waals surface area contributed by atoms with E-state index in [1.165, 1.54) is 7.11 Å². The Hall–Kier alpha value is -2.99. The Morgan fingerprint density at radius 3 is 2.66 bits per heavy atom. The van der Waals surface area contributed by atoms with Gasteiger partial charge in [-0.05, 0) is 55.2 Å². The molecule has 2 aliphatic rings. The lowest BCUT2D eigenvalue weighted by Gasteiger charge is -2.31. The predicted molar refractivity (Wildman–Crippen MR) is 109 cm³/mol. The van der Waals surface area contributed by atoms with Gasteiger partial charge < -0.3 is 18.8 Å². The molecule has 148 valence electrons. The molecule has 7 heteroatoms. The van der Waals surface area contributed by atoms with Crippen molar-refractivity contribution >= 4 is 34.2 Å². The summed E-state index contributed by atoms with van der Waals surface area (Å²) in [4.78, 5) is 26.1. The lowest BCUT2D eigenvalue weighted by atomic mass is 10.0. The summed E-state index contributed by atoms with van der Waals surface area (Å²) in [6, 6.07) is 8.94. The molecule has 0 spiro atoms. The molecule has 0 saturated heterocycles. The molecule has 5 rings (SSSR count). The van der Waals surface area contributed by atoms with Gasteiger partial charge in [-0.1, -0.05) is 11.6 Å². The van der Waals surface area contributed by atoms with E-state index >= 15 is 0 Å². The number of hydrogen-bond acceptors (Lipinski definition) is 6. The maximum atomic E-state index is 12.5. The van der Waals surface area contributed by atoms with Crippen molar-refractivity contribution < 1.29 is 18.7 Å². The fourth-order valence-electron chi connectivity index (χ4n) is 4.20. The van der Waals surface area contributed by atoms with Crippen LogP contribution >= 0.6 is 11.6 Å². The fourth-order valence-corrected chi connectivity index (χ4v) is 4.48. The van der Waals surface area contributed by atoms with Gasteiger partial charge in [0.2, 0.25) is 0 Å². The third-order valence-electron chi connectivity index (χ3n) is 5.63. The molecule has 0 unspecified atom stereocenters. The molecular formula is C22H18ClNO5. The van der Waals surface area contributed by atoms with Crippen molar-refractivity contribution in [2.45, 2.75) is 25.8 Å². The molecule has 29 heavy (non-hydrogen) atoms. The van der Waals surface area contributed by atoms with Crippen molar-refractivity contribution in [2.24, 2.45) is 0 Å². The van der Waals surface area contributed by atoms with Crippen LogP contribution in [0.1, 0.15) is 33.5 Å². The van der Waals surface area contributed by atoms with Gasteiger partial charge in [0.05, 0.1) is 29.8 Å². The number of anilines is 1. The molecule has 0 bridgehead atoms. The topological polar surface area (TPSA) is 69.0 Å². The second-order valence-corrected chi connectivity index (χ2v) is 7.66. The van der Waals surface area contributed by atoms with E-state index in [2.05, 4.69) is 0 Å². The summed E-state index contributed by atoms with van der Waals surface area (Å²) >= 11 is 6.51. The molecule has 2 heterocycles. The zero-order chi connectivity index (χ0) is 20.1. The molecule has 3 aromatic rings. The molecule has 0 fully saturated rings. The number of fused-ring (bicyclic) bond motifs is 5. The zero-order valence-corrected chi connectivity index (χ0v) is 16.5. The zero-order valence-electron chi connectivity index (χ0n) is 15.8. The van der Waals surface area contributed by atoms with Crippen LogP contribution in [0.5, 0.6) is 5.75 Å². The molecule has 0 N–H and O–H groups in total. The first kappa shape index (κ1) is 18.1. The van der Waals surface area contributed by atoms with Crippen LogP contribution in [0, 0.1) is 0 Å². The lowest BCUT2D eigenvalue weighted by molar-refractivity contribution is 0.0601. The highest BCUT2D eigenvalue weighted by Crippen LogP contribution is 2.41. The highest BCUT2D eigenvalue weighted by molar-refractivity contribution is 6.33.